The lowest BCUT2D eigenvalue weighted by atomic mass is 9.91. The quantitative estimate of drug-likeness (QED) is 0.193. The average molecular weight is 798 g/mol. The van der Waals surface area contributed by atoms with Crippen molar-refractivity contribution in [3.05, 3.63) is 205 Å². The summed E-state index contributed by atoms with van der Waals surface area (Å²) in [6, 6.07) is 65.0. The largest absolute Gasteiger partial charge is 0.456 e. The van der Waals surface area contributed by atoms with E-state index in [1.165, 1.54) is 26.9 Å². The van der Waals surface area contributed by atoms with Crippen molar-refractivity contribution >= 4 is 98.6 Å². The molecule has 1 N–H and O–H groups in total. The molecule has 13 rings (SSSR count). The number of nitrogens with zero attached hydrogens (tertiary/aromatic N) is 2. The molecule has 3 aromatic heterocycles. The Kier molecular flexibility index (Phi) is 7.64. The molecule has 0 radical (unpaired) electrons. The molecule has 294 valence electrons. The van der Waals surface area contributed by atoms with Gasteiger partial charge in [0.25, 0.3) is 0 Å². The summed E-state index contributed by atoms with van der Waals surface area (Å²) < 4.78 is 15.8. The van der Waals surface area contributed by atoms with Crippen molar-refractivity contribution in [2.75, 3.05) is 0 Å². The lowest BCUT2D eigenvalue weighted by Crippen LogP contribution is -2.26. The highest BCUT2D eigenvalue weighted by Gasteiger charge is 2.27. The summed E-state index contributed by atoms with van der Waals surface area (Å²) in [5, 5.41) is 15.7. The SMILES string of the molecule is CC1C/C=C(\c2cc3oc4ccccc4c3cc2-n2c3ccccc3c3cc4ccccc4cc32)NC(c2cccc3ccccc23)/N=C\1c1cccc2c1oc1ccccc12. The maximum Gasteiger partial charge on any atom is 0.145 e. The summed E-state index contributed by atoms with van der Waals surface area (Å²) in [7, 11) is 0. The van der Waals surface area contributed by atoms with Crippen LogP contribution < -0.4 is 5.32 Å². The predicted molar refractivity (Wildman–Crippen MR) is 257 cm³/mol. The maximum atomic E-state index is 6.67. The fraction of sp³-hybridized carbons (Fsp3) is 0.0702. The molecule has 0 spiro atoms. The molecule has 9 aromatic carbocycles. The lowest BCUT2D eigenvalue weighted by Gasteiger charge is -2.28. The molecule has 1 aliphatic rings. The van der Waals surface area contributed by atoms with Crippen LogP contribution in [-0.4, -0.2) is 10.3 Å². The minimum Gasteiger partial charge on any atom is -0.456 e. The van der Waals surface area contributed by atoms with Gasteiger partial charge in [-0.3, -0.25) is 4.99 Å². The number of allylic oxidation sites excluding steroid dienone is 1. The van der Waals surface area contributed by atoms with E-state index in [0.717, 1.165) is 101 Å². The maximum absolute atomic E-state index is 6.67. The van der Waals surface area contributed by atoms with Gasteiger partial charge in [0.2, 0.25) is 0 Å². The van der Waals surface area contributed by atoms with E-state index in [4.69, 9.17) is 13.8 Å². The molecule has 62 heavy (non-hydrogen) atoms. The summed E-state index contributed by atoms with van der Waals surface area (Å²) >= 11 is 0. The van der Waals surface area contributed by atoms with Crippen molar-refractivity contribution < 1.29 is 8.83 Å². The molecule has 0 saturated carbocycles. The summed E-state index contributed by atoms with van der Waals surface area (Å²) in [5.41, 5.74) is 12.0. The normalized spacial score (nSPS) is 17.8. The Bertz CT molecular complexity index is 3850. The number of fused-ring (bicyclic) bond motifs is 11. The molecule has 5 nitrogen and oxygen atoms in total. The average Bonchev–Trinajstić information content (AvgIpc) is 3.98. The van der Waals surface area contributed by atoms with Gasteiger partial charge < -0.3 is 18.7 Å². The van der Waals surface area contributed by atoms with Crippen LogP contribution >= 0.6 is 0 Å². The second-order valence-corrected chi connectivity index (χ2v) is 16.7. The molecule has 4 heterocycles. The number of furan rings is 2. The molecule has 0 saturated heterocycles. The molecule has 1 aliphatic heterocycles. The van der Waals surface area contributed by atoms with E-state index in [2.05, 4.69) is 187 Å². The van der Waals surface area contributed by atoms with Gasteiger partial charge in [-0.15, -0.1) is 0 Å². The number of benzene rings is 9. The van der Waals surface area contributed by atoms with Crippen LogP contribution in [0.1, 0.15) is 36.2 Å². The van der Waals surface area contributed by atoms with Gasteiger partial charge in [-0.05, 0) is 76.5 Å². The van der Waals surface area contributed by atoms with Crippen molar-refractivity contribution in [1.29, 1.82) is 0 Å². The van der Waals surface area contributed by atoms with Crippen LogP contribution in [0, 0.1) is 5.92 Å². The highest BCUT2D eigenvalue weighted by Crippen LogP contribution is 2.42. The Balaban J connectivity index is 1.08. The van der Waals surface area contributed by atoms with E-state index < -0.39 is 6.17 Å². The van der Waals surface area contributed by atoms with E-state index in [-0.39, 0.29) is 5.92 Å². The molecule has 0 aliphatic carbocycles. The molecule has 12 aromatic rings. The number of aliphatic imine (C=N–C) groups is 1. The molecule has 2 atom stereocenters. The van der Waals surface area contributed by atoms with Crippen LogP contribution in [0.3, 0.4) is 0 Å². The van der Waals surface area contributed by atoms with E-state index in [9.17, 15) is 0 Å². The molecule has 5 heteroatoms. The van der Waals surface area contributed by atoms with Gasteiger partial charge >= 0.3 is 0 Å². The van der Waals surface area contributed by atoms with E-state index in [1.807, 2.05) is 18.2 Å². The summed E-state index contributed by atoms with van der Waals surface area (Å²) in [6.07, 6.45) is 2.69. The van der Waals surface area contributed by atoms with Crippen LogP contribution in [-0.2, 0) is 0 Å². The van der Waals surface area contributed by atoms with Gasteiger partial charge in [0.1, 0.15) is 28.5 Å². The van der Waals surface area contributed by atoms with Crippen LogP contribution in [0.4, 0.5) is 0 Å². The van der Waals surface area contributed by atoms with E-state index in [0.29, 0.717) is 0 Å². The number of hydrogen-bond donors (Lipinski definition) is 1. The zero-order chi connectivity index (χ0) is 40.9. The topological polar surface area (TPSA) is 55.6 Å². The Labute approximate surface area is 356 Å². The zero-order valence-electron chi connectivity index (χ0n) is 34.0. The molecule has 2 unspecified atom stereocenters. The molecule has 0 fully saturated rings. The predicted octanol–water partition coefficient (Wildman–Crippen LogP) is 15.0. The molecular weight excluding hydrogens is 759 g/mol. The number of aromatic nitrogens is 1. The van der Waals surface area contributed by atoms with Crippen molar-refractivity contribution in [1.82, 2.24) is 9.88 Å². The van der Waals surface area contributed by atoms with Crippen LogP contribution in [0.25, 0.3) is 98.6 Å². The number of nitrogens with one attached hydrogen (secondary N) is 1. The minimum absolute atomic E-state index is 0.0568. The fourth-order valence-corrected chi connectivity index (χ4v) is 10.1. The Morgan fingerprint density at radius 2 is 1.15 bits per heavy atom. The van der Waals surface area contributed by atoms with Crippen molar-refractivity contribution in [3.63, 3.8) is 0 Å². The number of rotatable bonds is 4. The van der Waals surface area contributed by atoms with Crippen molar-refractivity contribution in [2.45, 2.75) is 19.5 Å². The zero-order valence-corrected chi connectivity index (χ0v) is 34.0. The van der Waals surface area contributed by atoms with Crippen LogP contribution in [0.5, 0.6) is 0 Å². The standard InChI is InChI=1S/C57H39N3O2/c1-34-28-29-48(58-57(43-23-12-17-35-14-4-5-18-38(35)43)59-55(34)44-24-13-22-42-40-20-7-11-27-53(40)62-56(42)44)47-33-54-46(41-21-8-10-26-52(41)61-54)32-51(47)60-49-25-9-6-19-39(49)45-30-36-15-2-3-16-37(36)31-50(45)60/h2-27,29-34,57-58H,28H2,1H3/b48-29+,59-55+. The first-order chi connectivity index (χ1) is 30.6. The van der Waals surface area contributed by atoms with Crippen molar-refractivity contribution in [3.8, 4) is 5.69 Å². The van der Waals surface area contributed by atoms with Crippen LogP contribution in [0.15, 0.2) is 202 Å². The third-order valence-corrected chi connectivity index (χ3v) is 13.1. The Hall–Kier alpha value is -7.89. The van der Waals surface area contributed by atoms with Gasteiger partial charge in [-0.1, -0.05) is 146 Å². The number of hydrogen-bond acceptors (Lipinski definition) is 4. The lowest BCUT2D eigenvalue weighted by molar-refractivity contribution is 0.641. The fourth-order valence-electron chi connectivity index (χ4n) is 10.1. The monoisotopic (exact) mass is 797 g/mol. The molecular formula is C57H39N3O2. The smallest absolute Gasteiger partial charge is 0.145 e. The van der Waals surface area contributed by atoms with Crippen LogP contribution in [0.2, 0.25) is 0 Å². The molecule has 0 bridgehead atoms. The second kappa shape index (κ2) is 13.6. The number of para-hydroxylation sites is 4. The summed E-state index contributed by atoms with van der Waals surface area (Å²) in [5.74, 6) is 0.0568. The van der Waals surface area contributed by atoms with Gasteiger partial charge in [0.05, 0.1) is 22.4 Å². The summed E-state index contributed by atoms with van der Waals surface area (Å²) in [6.45, 7) is 2.29. The first-order valence-electron chi connectivity index (χ1n) is 21.5. The highest BCUT2D eigenvalue weighted by atomic mass is 16.3. The summed E-state index contributed by atoms with van der Waals surface area (Å²) in [4.78, 5) is 5.80. The molecule has 0 amide bonds. The van der Waals surface area contributed by atoms with Gasteiger partial charge in [-0.25, -0.2) is 0 Å². The third kappa shape index (κ3) is 5.31. The minimum atomic E-state index is -0.439. The Morgan fingerprint density at radius 1 is 0.500 bits per heavy atom. The van der Waals surface area contributed by atoms with E-state index >= 15 is 0 Å². The first-order valence-corrected chi connectivity index (χ1v) is 21.5. The first kappa shape index (κ1) is 34.9. The second-order valence-electron chi connectivity index (χ2n) is 16.7. The van der Waals surface area contributed by atoms with Crippen molar-refractivity contribution in [2.24, 2.45) is 10.9 Å². The third-order valence-electron chi connectivity index (χ3n) is 13.1. The highest BCUT2D eigenvalue weighted by molar-refractivity contribution is 6.17. The van der Waals surface area contributed by atoms with E-state index in [1.54, 1.807) is 0 Å². The van der Waals surface area contributed by atoms with Gasteiger partial charge in [0, 0.05) is 60.6 Å². The van der Waals surface area contributed by atoms with Gasteiger partial charge in [0.15, 0.2) is 0 Å². The Morgan fingerprint density at radius 3 is 1.98 bits per heavy atom. The van der Waals surface area contributed by atoms with Gasteiger partial charge in [-0.2, -0.15) is 0 Å².